The third kappa shape index (κ3) is 7.74. The van der Waals surface area contributed by atoms with E-state index in [9.17, 15) is 0 Å². The first-order valence-corrected chi connectivity index (χ1v) is 3.91. The molecule has 0 fully saturated rings. The van der Waals surface area contributed by atoms with Gasteiger partial charge in [0.15, 0.2) is 0 Å². The van der Waals surface area contributed by atoms with E-state index in [2.05, 4.69) is 5.32 Å². The van der Waals surface area contributed by atoms with Gasteiger partial charge < -0.3 is 15.3 Å². The molecule has 0 aliphatic rings. The summed E-state index contributed by atoms with van der Waals surface area (Å²) in [7, 11) is 0. The first kappa shape index (κ1) is 10.8. The lowest BCUT2D eigenvalue weighted by molar-refractivity contribution is 0.139. The van der Waals surface area contributed by atoms with Crippen LogP contribution in [0.15, 0.2) is 0 Å². The molecule has 0 aliphatic heterocycles. The van der Waals surface area contributed by atoms with E-state index in [4.69, 9.17) is 15.3 Å². The van der Waals surface area contributed by atoms with Gasteiger partial charge in [0.2, 0.25) is 0 Å². The molecule has 0 saturated heterocycles. The van der Waals surface area contributed by atoms with Crippen LogP contribution in [0.3, 0.4) is 0 Å². The van der Waals surface area contributed by atoms with Crippen LogP contribution in [0.5, 0.6) is 0 Å². The van der Waals surface area contributed by atoms with Crippen LogP contribution in [0.4, 0.5) is 0 Å². The maximum atomic E-state index is 9.15. The van der Waals surface area contributed by atoms with Gasteiger partial charge in [-0.15, -0.1) is 0 Å². The minimum absolute atomic E-state index is 0.100. The van der Waals surface area contributed by atoms with Crippen LogP contribution in [-0.2, 0) is 0 Å². The molecule has 0 aromatic heterocycles. The van der Waals surface area contributed by atoms with Gasteiger partial charge in [0.05, 0.1) is 12.8 Å². The lowest BCUT2D eigenvalue weighted by Crippen LogP contribution is -2.27. The van der Waals surface area contributed by atoms with Gasteiger partial charge >= 0.3 is 0 Å². The van der Waals surface area contributed by atoms with Crippen molar-refractivity contribution in [1.29, 1.82) is 0 Å². The maximum Gasteiger partial charge on any atom is 0.0932 e. The van der Waals surface area contributed by atoms with E-state index in [0.717, 1.165) is 12.8 Å². The molecule has 0 amide bonds. The highest BCUT2D eigenvalue weighted by atomic mass is 16.3. The zero-order valence-corrected chi connectivity index (χ0v) is 6.66. The standard InChI is InChI=1S/C7H17NO3/c9-4-2-1-3-7(11)5-8-6-10/h7-11H,1-6H2. The second-order valence-corrected chi connectivity index (χ2v) is 2.49. The van der Waals surface area contributed by atoms with Crippen molar-refractivity contribution in [2.45, 2.75) is 25.4 Å². The molecule has 1 unspecified atom stereocenters. The smallest absolute Gasteiger partial charge is 0.0932 e. The number of aliphatic hydroxyl groups is 3. The molecule has 0 saturated carbocycles. The third-order valence-corrected chi connectivity index (χ3v) is 1.44. The predicted octanol–water partition coefficient (Wildman–Crippen LogP) is -0.951. The molecular formula is C7H17NO3. The summed E-state index contributed by atoms with van der Waals surface area (Å²) >= 11 is 0. The minimum atomic E-state index is -0.409. The van der Waals surface area contributed by atoms with Crippen LogP contribution in [0.25, 0.3) is 0 Å². The van der Waals surface area contributed by atoms with E-state index in [-0.39, 0.29) is 13.3 Å². The summed E-state index contributed by atoms with van der Waals surface area (Å²) in [5.41, 5.74) is 0. The summed E-state index contributed by atoms with van der Waals surface area (Å²) < 4.78 is 0. The van der Waals surface area contributed by atoms with Gasteiger partial charge in [-0.1, -0.05) is 0 Å². The molecule has 0 rings (SSSR count). The molecule has 4 N–H and O–H groups in total. The Morgan fingerprint density at radius 2 is 1.91 bits per heavy atom. The molecule has 68 valence electrons. The Balaban J connectivity index is 3.02. The van der Waals surface area contributed by atoms with Crippen LogP contribution >= 0.6 is 0 Å². The number of aliphatic hydroxyl groups excluding tert-OH is 3. The average molecular weight is 163 g/mol. The Morgan fingerprint density at radius 1 is 1.18 bits per heavy atom. The van der Waals surface area contributed by atoms with Gasteiger partial charge in [-0.3, -0.25) is 5.32 Å². The molecule has 0 aromatic rings. The molecule has 1 atom stereocenters. The first-order chi connectivity index (χ1) is 5.31. The minimum Gasteiger partial charge on any atom is -0.396 e. The fourth-order valence-corrected chi connectivity index (χ4v) is 0.825. The van der Waals surface area contributed by atoms with Crippen LogP contribution < -0.4 is 5.32 Å². The van der Waals surface area contributed by atoms with Gasteiger partial charge in [0, 0.05) is 13.2 Å². The Hall–Kier alpha value is -0.160. The molecular weight excluding hydrogens is 146 g/mol. The topological polar surface area (TPSA) is 72.7 Å². The number of hydrogen-bond acceptors (Lipinski definition) is 4. The molecule has 0 aromatic carbocycles. The largest absolute Gasteiger partial charge is 0.396 e. The fourth-order valence-electron chi connectivity index (χ4n) is 0.825. The zero-order chi connectivity index (χ0) is 8.53. The van der Waals surface area contributed by atoms with Crippen LogP contribution in [0.1, 0.15) is 19.3 Å². The van der Waals surface area contributed by atoms with Gasteiger partial charge in [-0.05, 0) is 19.3 Å². The van der Waals surface area contributed by atoms with E-state index in [1.54, 1.807) is 0 Å². The van der Waals surface area contributed by atoms with Crippen molar-refractivity contribution in [1.82, 2.24) is 5.32 Å². The van der Waals surface area contributed by atoms with Crippen LogP contribution in [0, 0.1) is 0 Å². The van der Waals surface area contributed by atoms with Crippen LogP contribution in [0.2, 0.25) is 0 Å². The van der Waals surface area contributed by atoms with E-state index >= 15 is 0 Å². The molecule has 11 heavy (non-hydrogen) atoms. The highest BCUT2D eigenvalue weighted by Gasteiger charge is 2.01. The number of unbranched alkanes of at least 4 members (excludes halogenated alkanes) is 1. The van der Waals surface area contributed by atoms with E-state index in [0.29, 0.717) is 13.0 Å². The summed E-state index contributed by atoms with van der Waals surface area (Å²) in [5, 5.41) is 28.5. The first-order valence-electron chi connectivity index (χ1n) is 3.91. The Labute approximate surface area is 66.9 Å². The second-order valence-electron chi connectivity index (χ2n) is 2.49. The highest BCUT2D eigenvalue weighted by molar-refractivity contribution is 4.57. The molecule has 4 nitrogen and oxygen atoms in total. The van der Waals surface area contributed by atoms with Gasteiger partial charge in [0.25, 0.3) is 0 Å². The molecule has 0 bridgehead atoms. The van der Waals surface area contributed by atoms with Gasteiger partial charge in [-0.2, -0.15) is 0 Å². The monoisotopic (exact) mass is 163 g/mol. The zero-order valence-electron chi connectivity index (χ0n) is 6.66. The quantitative estimate of drug-likeness (QED) is 0.288. The molecule has 0 spiro atoms. The van der Waals surface area contributed by atoms with E-state index in [1.165, 1.54) is 0 Å². The predicted molar refractivity (Wildman–Crippen MR) is 42.0 cm³/mol. The normalized spacial score (nSPS) is 13.4. The summed E-state index contributed by atoms with van der Waals surface area (Å²) in [4.78, 5) is 0. The van der Waals surface area contributed by atoms with Crippen molar-refractivity contribution in [3.05, 3.63) is 0 Å². The lowest BCUT2D eigenvalue weighted by atomic mass is 10.1. The van der Waals surface area contributed by atoms with Gasteiger partial charge in [0.1, 0.15) is 0 Å². The van der Waals surface area contributed by atoms with E-state index < -0.39 is 6.10 Å². The number of rotatable bonds is 7. The summed E-state index contributed by atoms with van der Waals surface area (Å²) in [6.07, 6.45) is 1.82. The third-order valence-electron chi connectivity index (χ3n) is 1.44. The Morgan fingerprint density at radius 3 is 2.45 bits per heavy atom. The Bertz CT molecular complexity index is 80.1. The average Bonchev–Trinajstić information content (AvgIpc) is 2.01. The summed E-state index contributed by atoms with van der Waals surface area (Å²) in [5.74, 6) is 0. The lowest BCUT2D eigenvalue weighted by Gasteiger charge is -2.09. The molecule has 0 radical (unpaired) electrons. The second kappa shape index (κ2) is 7.94. The SMILES string of the molecule is OCCCCC(O)CNCO. The van der Waals surface area contributed by atoms with Crippen molar-refractivity contribution < 1.29 is 15.3 Å². The van der Waals surface area contributed by atoms with Crippen molar-refractivity contribution in [3.63, 3.8) is 0 Å². The van der Waals surface area contributed by atoms with E-state index in [1.807, 2.05) is 0 Å². The fraction of sp³-hybridized carbons (Fsp3) is 1.00. The van der Waals surface area contributed by atoms with Crippen LogP contribution in [-0.4, -0.2) is 41.3 Å². The number of nitrogens with one attached hydrogen (secondary N) is 1. The van der Waals surface area contributed by atoms with Crippen molar-refractivity contribution in [2.24, 2.45) is 0 Å². The number of hydrogen-bond donors (Lipinski definition) is 4. The maximum absolute atomic E-state index is 9.15. The summed E-state index contributed by atoms with van der Waals surface area (Å²) in [6.45, 7) is 0.499. The molecule has 0 aliphatic carbocycles. The highest BCUT2D eigenvalue weighted by Crippen LogP contribution is 1.98. The molecule has 4 heteroatoms. The Kier molecular flexibility index (Phi) is 7.83. The summed E-state index contributed by atoms with van der Waals surface area (Å²) in [6, 6.07) is 0. The van der Waals surface area contributed by atoms with Crippen molar-refractivity contribution in [2.75, 3.05) is 19.9 Å². The van der Waals surface area contributed by atoms with Crippen molar-refractivity contribution >= 4 is 0 Å². The molecule has 0 heterocycles. The van der Waals surface area contributed by atoms with Gasteiger partial charge in [-0.25, -0.2) is 0 Å². The van der Waals surface area contributed by atoms with Crippen molar-refractivity contribution in [3.8, 4) is 0 Å².